The molecule has 0 atom stereocenters. The molecular weight excluding hydrogens is 172 g/mol. The average Bonchev–Trinajstić information content (AvgIpc) is 2.43. The topological polar surface area (TPSA) is 77.5 Å². The van der Waals surface area contributed by atoms with Crippen LogP contribution in [0.15, 0.2) is 16.7 Å². The molecule has 1 fully saturated rings. The highest BCUT2D eigenvalue weighted by atomic mass is 16.5. The molecule has 2 heterocycles. The van der Waals surface area contributed by atoms with Crippen molar-refractivity contribution >= 4 is 11.6 Å². The maximum Gasteiger partial charge on any atom is 0.289 e. The first-order valence-electron chi connectivity index (χ1n) is 3.99. The third-order valence-corrected chi connectivity index (χ3v) is 1.88. The number of nitrogen functional groups attached to an aromatic ring is 1. The quantitative estimate of drug-likeness (QED) is 0.674. The first-order valence-corrected chi connectivity index (χ1v) is 3.99. The number of amides is 1. The smallest absolute Gasteiger partial charge is 0.289 e. The van der Waals surface area contributed by atoms with Crippen molar-refractivity contribution in [2.45, 2.75) is 6.04 Å². The highest BCUT2D eigenvalue weighted by Gasteiger charge is 2.23. The molecule has 13 heavy (non-hydrogen) atoms. The summed E-state index contributed by atoms with van der Waals surface area (Å²) in [7, 11) is 0. The summed E-state index contributed by atoms with van der Waals surface area (Å²) >= 11 is 0. The van der Waals surface area contributed by atoms with E-state index >= 15 is 0 Å². The van der Waals surface area contributed by atoms with Gasteiger partial charge in [0.15, 0.2) is 0 Å². The summed E-state index contributed by atoms with van der Waals surface area (Å²) in [5.74, 6) is -0.109. The van der Waals surface area contributed by atoms with Crippen LogP contribution in [0.5, 0.6) is 0 Å². The Bertz CT molecular complexity index is 317. The maximum absolute atomic E-state index is 11.4. The summed E-state index contributed by atoms with van der Waals surface area (Å²) in [5.41, 5.74) is 5.85. The van der Waals surface area contributed by atoms with E-state index in [9.17, 15) is 4.79 Å². The molecule has 3 N–H and O–H groups in total. The molecule has 0 radical (unpaired) electrons. The van der Waals surface area contributed by atoms with Crippen LogP contribution in [0.25, 0.3) is 0 Å². The number of hydrogen-bond donors (Lipinski definition) is 2. The molecule has 70 valence electrons. The van der Waals surface area contributed by atoms with E-state index in [0.29, 0.717) is 18.9 Å². The third kappa shape index (κ3) is 1.50. The molecule has 1 aromatic heterocycles. The van der Waals surface area contributed by atoms with Crippen molar-refractivity contribution < 1.29 is 13.9 Å². The predicted octanol–water partition coefficient (Wildman–Crippen LogP) is -0.00960. The van der Waals surface area contributed by atoms with Crippen LogP contribution >= 0.6 is 0 Å². The summed E-state index contributed by atoms with van der Waals surface area (Å²) in [4.78, 5) is 11.4. The van der Waals surface area contributed by atoms with Crippen LogP contribution in [0, 0.1) is 0 Å². The molecule has 1 aliphatic heterocycles. The van der Waals surface area contributed by atoms with Crippen LogP contribution in [0.4, 0.5) is 5.69 Å². The summed E-state index contributed by atoms with van der Waals surface area (Å²) in [6.07, 6.45) is 1.39. The normalized spacial score (nSPS) is 16.6. The molecule has 0 bridgehead atoms. The molecule has 2 rings (SSSR count). The lowest BCUT2D eigenvalue weighted by atomic mass is 10.2. The number of nitrogens with two attached hydrogens (primary N) is 1. The van der Waals surface area contributed by atoms with E-state index in [4.69, 9.17) is 14.9 Å². The highest BCUT2D eigenvalue weighted by molar-refractivity contribution is 5.96. The lowest BCUT2D eigenvalue weighted by Gasteiger charge is -2.26. The first-order chi connectivity index (χ1) is 6.27. The van der Waals surface area contributed by atoms with Crippen molar-refractivity contribution in [1.82, 2.24) is 5.32 Å². The van der Waals surface area contributed by atoms with Crippen molar-refractivity contribution in [3.63, 3.8) is 0 Å². The molecule has 0 saturated carbocycles. The average molecular weight is 182 g/mol. The second kappa shape index (κ2) is 3.10. The molecule has 0 spiro atoms. The van der Waals surface area contributed by atoms with Gasteiger partial charge in [-0.2, -0.15) is 0 Å². The van der Waals surface area contributed by atoms with Crippen LogP contribution in [0.2, 0.25) is 0 Å². The predicted molar refractivity (Wildman–Crippen MR) is 45.2 cm³/mol. The van der Waals surface area contributed by atoms with Gasteiger partial charge in [0.25, 0.3) is 5.91 Å². The summed E-state index contributed by atoms with van der Waals surface area (Å²) in [6, 6.07) is 1.64. The first kappa shape index (κ1) is 8.12. The number of carbonyl (C=O) groups is 1. The number of anilines is 1. The minimum Gasteiger partial charge on any atom is -0.457 e. The van der Waals surface area contributed by atoms with E-state index < -0.39 is 0 Å². The molecule has 5 nitrogen and oxygen atoms in total. The molecule has 1 saturated heterocycles. The third-order valence-electron chi connectivity index (χ3n) is 1.88. The fourth-order valence-electron chi connectivity index (χ4n) is 1.07. The van der Waals surface area contributed by atoms with Gasteiger partial charge in [-0.3, -0.25) is 4.79 Å². The Labute approximate surface area is 74.8 Å². The zero-order chi connectivity index (χ0) is 9.26. The fraction of sp³-hybridized carbons (Fsp3) is 0.375. The molecule has 1 amide bonds. The van der Waals surface area contributed by atoms with E-state index in [1.54, 1.807) is 6.07 Å². The molecule has 5 heteroatoms. The number of hydrogen-bond acceptors (Lipinski definition) is 4. The minimum absolute atomic E-state index is 0.0944. The standard InChI is InChI=1S/C8H10N2O3/c9-6-1-2-13-7(6)8(11)10-5-3-12-4-5/h1-2,5H,3-4,9H2,(H,10,11). The molecular formula is C8H10N2O3. The van der Waals surface area contributed by atoms with E-state index in [1.165, 1.54) is 6.26 Å². The van der Waals surface area contributed by atoms with E-state index in [1.807, 2.05) is 0 Å². The van der Waals surface area contributed by atoms with Crippen LogP contribution in [-0.4, -0.2) is 25.2 Å². The zero-order valence-electron chi connectivity index (χ0n) is 6.95. The monoisotopic (exact) mass is 182 g/mol. The second-order valence-electron chi connectivity index (χ2n) is 2.91. The van der Waals surface area contributed by atoms with Crippen LogP contribution in [0.1, 0.15) is 10.6 Å². The van der Waals surface area contributed by atoms with Crippen molar-refractivity contribution in [2.24, 2.45) is 0 Å². The SMILES string of the molecule is Nc1ccoc1C(=O)NC1COC1. The van der Waals surface area contributed by atoms with Crippen molar-refractivity contribution in [3.05, 3.63) is 18.1 Å². The Balaban J connectivity index is 2.00. The van der Waals surface area contributed by atoms with Gasteiger partial charge in [0, 0.05) is 6.07 Å². The summed E-state index contributed by atoms with van der Waals surface area (Å²) in [6.45, 7) is 1.12. The molecule has 1 aliphatic rings. The zero-order valence-corrected chi connectivity index (χ0v) is 6.95. The molecule has 0 unspecified atom stereocenters. The van der Waals surface area contributed by atoms with Crippen LogP contribution < -0.4 is 11.1 Å². The van der Waals surface area contributed by atoms with Gasteiger partial charge >= 0.3 is 0 Å². The Kier molecular flexibility index (Phi) is 1.94. The Morgan fingerprint density at radius 3 is 2.85 bits per heavy atom. The number of nitrogens with one attached hydrogen (secondary N) is 1. The van der Waals surface area contributed by atoms with Gasteiger partial charge < -0.3 is 20.2 Å². The minimum atomic E-state index is -0.282. The van der Waals surface area contributed by atoms with Gasteiger partial charge in [0.2, 0.25) is 5.76 Å². The van der Waals surface area contributed by atoms with Crippen LogP contribution in [-0.2, 0) is 4.74 Å². The van der Waals surface area contributed by atoms with E-state index in [-0.39, 0.29) is 17.7 Å². The Morgan fingerprint density at radius 2 is 2.38 bits per heavy atom. The molecule has 0 aliphatic carbocycles. The number of carbonyl (C=O) groups excluding carboxylic acids is 1. The highest BCUT2D eigenvalue weighted by Crippen LogP contribution is 2.12. The maximum atomic E-state index is 11.4. The van der Waals surface area contributed by atoms with Gasteiger partial charge in [-0.25, -0.2) is 0 Å². The van der Waals surface area contributed by atoms with Crippen molar-refractivity contribution in [3.8, 4) is 0 Å². The molecule has 0 aromatic carbocycles. The van der Waals surface area contributed by atoms with E-state index in [0.717, 1.165) is 0 Å². The second-order valence-corrected chi connectivity index (χ2v) is 2.91. The van der Waals surface area contributed by atoms with E-state index in [2.05, 4.69) is 5.32 Å². The van der Waals surface area contributed by atoms with Gasteiger partial charge in [-0.1, -0.05) is 0 Å². The number of furan rings is 1. The molecule has 1 aromatic rings. The lowest BCUT2D eigenvalue weighted by molar-refractivity contribution is -0.00387. The van der Waals surface area contributed by atoms with Crippen LogP contribution in [0.3, 0.4) is 0 Å². The largest absolute Gasteiger partial charge is 0.457 e. The van der Waals surface area contributed by atoms with Gasteiger partial charge in [-0.05, 0) is 0 Å². The summed E-state index contributed by atoms with van der Waals surface area (Å²) < 4.78 is 9.82. The number of rotatable bonds is 2. The summed E-state index contributed by atoms with van der Waals surface area (Å²) in [5, 5.41) is 2.72. The van der Waals surface area contributed by atoms with Crippen molar-refractivity contribution in [1.29, 1.82) is 0 Å². The van der Waals surface area contributed by atoms with Gasteiger partial charge in [0.05, 0.1) is 31.2 Å². The lowest BCUT2D eigenvalue weighted by Crippen LogP contribution is -2.48. The Morgan fingerprint density at radius 1 is 1.62 bits per heavy atom. The van der Waals surface area contributed by atoms with Crippen molar-refractivity contribution in [2.75, 3.05) is 18.9 Å². The Hall–Kier alpha value is -1.49. The van der Waals surface area contributed by atoms with Gasteiger partial charge in [0.1, 0.15) is 0 Å². The van der Waals surface area contributed by atoms with Gasteiger partial charge in [-0.15, -0.1) is 0 Å². The fourth-order valence-corrected chi connectivity index (χ4v) is 1.07. The number of ether oxygens (including phenoxy) is 1.